The van der Waals surface area contributed by atoms with Gasteiger partial charge in [0.05, 0.1) is 29.4 Å². The van der Waals surface area contributed by atoms with Gasteiger partial charge in [-0.2, -0.15) is 0 Å². The molecular weight excluding hydrogens is 254 g/mol. The summed E-state index contributed by atoms with van der Waals surface area (Å²) in [6, 6.07) is 1.26. The number of halogens is 3. The number of ether oxygens (including phenoxy) is 1. The Morgan fingerprint density at radius 3 is 2.76 bits per heavy atom. The standard InChI is InChI=1S/C10H11ClF2N2O2/c1-2-17-10(16)6-3-5(4-11)15-8(7(6)14)9(12)13/h3,9H,2,4,14H2,1H3. The lowest BCUT2D eigenvalue weighted by molar-refractivity contribution is 0.0527. The van der Waals surface area contributed by atoms with Crippen LogP contribution in [0.3, 0.4) is 0 Å². The molecule has 94 valence electrons. The maximum absolute atomic E-state index is 12.6. The molecule has 0 aliphatic rings. The number of nitrogen functional groups attached to an aromatic ring is 1. The van der Waals surface area contributed by atoms with Crippen LogP contribution in [-0.4, -0.2) is 17.6 Å². The van der Waals surface area contributed by atoms with E-state index in [2.05, 4.69) is 4.98 Å². The Kier molecular flexibility index (Phi) is 4.62. The lowest BCUT2D eigenvalue weighted by Gasteiger charge is -2.10. The van der Waals surface area contributed by atoms with Gasteiger partial charge in [-0.1, -0.05) is 0 Å². The molecule has 0 radical (unpaired) electrons. The highest BCUT2D eigenvalue weighted by molar-refractivity contribution is 6.17. The van der Waals surface area contributed by atoms with Gasteiger partial charge in [0.25, 0.3) is 6.43 Å². The van der Waals surface area contributed by atoms with Crippen molar-refractivity contribution in [2.45, 2.75) is 19.2 Å². The fourth-order valence-electron chi connectivity index (χ4n) is 1.24. The summed E-state index contributed by atoms with van der Waals surface area (Å²) in [6.45, 7) is 1.73. The van der Waals surface area contributed by atoms with Crippen LogP contribution >= 0.6 is 11.6 Å². The van der Waals surface area contributed by atoms with E-state index in [-0.39, 0.29) is 29.4 Å². The van der Waals surface area contributed by atoms with Crippen LogP contribution in [0, 0.1) is 0 Å². The van der Waals surface area contributed by atoms with E-state index in [4.69, 9.17) is 22.1 Å². The summed E-state index contributed by atoms with van der Waals surface area (Å²) in [7, 11) is 0. The van der Waals surface area contributed by atoms with Gasteiger partial charge in [-0.05, 0) is 13.0 Å². The first-order valence-corrected chi connectivity index (χ1v) is 5.35. The van der Waals surface area contributed by atoms with Crippen molar-refractivity contribution in [2.75, 3.05) is 12.3 Å². The van der Waals surface area contributed by atoms with Crippen LogP contribution in [0.2, 0.25) is 0 Å². The second kappa shape index (κ2) is 5.77. The number of nitrogens with two attached hydrogens (primary N) is 1. The molecule has 1 aromatic rings. The average molecular weight is 265 g/mol. The molecule has 4 nitrogen and oxygen atoms in total. The van der Waals surface area contributed by atoms with Crippen LogP contribution in [0.1, 0.15) is 35.1 Å². The Morgan fingerprint density at radius 2 is 2.29 bits per heavy atom. The van der Waals surface area contributed by atoms with Crippen molar-refractivity contribution in [3.8, 4) is 0 Å². The van der Waals surface area contributed by atoms with Crippen molar-refractivity contribution in [2.24, 2.45) is 0 Å². The van der Waals surface area contributed by atoms with E-state index in [1.54, 1.807) is 6.92 Å². The number of hydrogen-bond acceptors (Lipinski definition) is 4. The van der Waals surface area contributed by atoms with Gasteiger partial charge >= 0.3 is 5.97 Å². The van der Waals surface area contributed by atoms with Crippen molar-refractivity contribution >= 4 is 23.3 Å². The maximum Gasteiger partial charge on any atom is 0.340 e. The molecule has 0 fully saturated rings. The van der Waals surface area contributed by atoms with Crippen molar-refractivity contribution in [1.29, 1.82) is 0 Å². The van der Waals surface area contributed by atoms with E-state index in [9.17, 15) is 13.6 Å². The van der Waals surface area contributed by atoms with Gasteiger partial charge < -0.3 is 10.5 Å². The van der Waals surface area contributed by atoms with E-state index < -0.39 is 18.1 Å². The predicted molar refractivity (Wildman–Crippen MR) is 59.1 cm³/mol. The van der Waals surface area contributed by atoms with Crippen molar-refractivity contribution in [1.82, 2.24) is 4.98 Å². The van der Waals surface area contributed by atoms with Crippen molar-refractivity contribution in [3.63, 3.8) is 0 Å². The van der Waals surface area contributed by atoms with Crippen LogP contribution in [0.25, 0.3) is 0 Å². The SMILES string of the molecule is CCOC(=O)c1cc(CCl)nc(C(F)F)c1N. The molecule has 1 heterocycles. The molecule has 0 aromatic carbocycles. The lowest BCUT2D eigenvalue weighted by atomic mass is 10.1. The van der Waals surface area contributed by atoms with E-state index in [0.29, 0.717) is 0 Å². The lowest BCUT2D eigenvalue weighted by Crippen LogP contribution is -2.12. The van der Waals surface area contributed by atoms with Gasteiger partial charge in [-0.15, -0.1) is 11.6 Å². The first-order valence-electron chi connectivity index (χ1n) is 4.81. The Hall–Kier alpha value is -1.43. The molecule has 0 saturated heterocycles. The zero-order valence-corrected chi connectivity index (χ0v) is 9.80. The summed E-state index contributed by atoms with van der Waals surface area (Å²) in [5.74, 6) is -0.854. The molecule has 0 atom stereocenters. The van der Waals surface area contributed by atoms with Crippen LogP contribution in [0.5, 0.6) is 0 Å². The molecule has 7 heteroatoms. The summed E-state index contributed by atoms with van der Waals surface area (Å²) in [5.41, 5.74) is 4.46. The normalized spacial score (nSPS) is 10.6. The molecular formula is C10H11ClF2N2O2. The zero-order chi connectivity index (χ0) is 13.0. The van der Waals surface area contributed by atoms with Crippen LogP contribution < -0.4 is 5.73 Å². The summed E-state index contributed by atoms with van der Waals surface area (Å²) >= 11 is 5.51. The summed E-state index contributed by atoms with van der Waals surface area (Å²) in [6.07, 6.45) is -2.87. The quantitative estimate of drug-likeness (QED) is 0.670. The Balaban J connectivity index is 3.28. The van der Waals surface area contributed by atoms with Gasteiger partial charge in [0, 0.05) is 0 Å². The molecule has 2 N–H and O–H groups in total. The maximum atomic E-state index is 12.6. The molecule has 1 aromatic heterocycles. The summed E-state index contributed by atoms with van der Waals surface area (Å²) in [5, 5.41) is 0. The predicted octanol–water partition coefficient (Wildman–Crippen LogP) is 2.52. The van der Waals surface area contributed by atoms with Crippen molar-refractivity contribution in [3.05, 3.63) is 23.0 Å². The smallest absolute Gasteiger partial charge is 0.340 e. The highest BCUT2D eigenvalue weighted by atomic mass is 35.5. The van der Waals surface area contributed by atoms with E-state index in [1.165, 1.54) is 6.07 Å². The Bertz CT molecular complexity index is 427. The number of aromatic nitrogens is 1. The number of anilines is 1. The first kappa shape index (κ1) is 13.6. The second-order valence-corrected chi connectivity index (χ2v) is 3.38. The molecule has 17 heavy (non-hydrogen) atoms. The number of pyridine rings is 1. The highest BCUT2D eigenvalue weighted by Gasteiger charge is 2.21. The number of carbonyl (C=O) groups is 1. The Morgan fingerprint density at radius 1 is 1.65 bits per heavy atom. The van der Waals surface area contributed by atoms with Crippen LogP contribution in [0.4, 0.5) is 14.5 Å². The van der Waals surface area contributed by atoms with Gasteiger partial charge in [0.15, 0.2) is 0 Å². The fraction of sp³-hybridized carbons (Fsp3) is 0.400. The number of rotatable bonds is 4. The van der Waals surface area contributed by atoms with Gasteiger partial charge in [-0.3, -0.25) is 0 Å². The molecule has 0 unspecified atom stereocenters. The third kappa shape index (κ3) is 3.03. The minimum absolute atomic E-state index is 0.0909. The molecule has 1 rings (SSSR count). The molecule has 0 aliphatic heterocycles. The van der Waals surface area contributed by atoms with Crippen LogP contribution in [-0.2, 0) is 10.6 Å². The Labute approximate surface area is 102 Å². The monoisotopic (exact) mass is 264 g/mol. The molecule has 0 bridgehead atoms. The van der Waals surface area contributed by atoms with E-state index in [0.717, 1.165) is 0 Å². The van der Waals surface area contributed by atoms with Gasteiger partial charge in [-0.25, -0.2) is 18.6 Å². The molecule has 0 aliphatic carbocycles. The molecule has 0 amide bonds. The third-order valence-corrected chi connectivity index (χ3v) is 2.25. The highest BCUT2D eigenvalue weighted by Crippen LogP contribution is 2.27. The number of hydrogen-bond donors (Lipinski definition) is 1. The number of carbonyl (C=O) groups excluding carboxylic acids is 1. The number of alkyl halides is 3. The van der Waals surface area contributed by atoms with Crippen LogP contribution in [0.15, 0.2) is 6.07 Å². The minimum atomic E-state index is -2.87. The average Bonchev–Trinajstić information content (AvgIpc) is 2.29. The summed E-state index contributed by atoms with van der Waals surface area (Å²) in [4.78, 5) is 15.1. The topological polar surface area (TPSA) is 65.2 Å². The van der Waals surface area contributed by atoms with E-state index in [1.807, 2.05) is 0 Å². The van der Waals surface area contributed by atoms with Crippen molar-refractivity contribution < 1.29 is 18.3 Å². The first-order chi connectivity index (χ1) is 8.01. The number of nitrogens with zero attached hydrogens (tertiary/aromatic N) is 1. The molecule has 0 spiro atoms. The largest absolute Gasteiger partial charge is 0.462 e. The van der Waals surface area contributed by atoms with Gasteiger partial charge in [0.2, 0.25) is 0 Å². The number of esters is 1. The van der Waals surface area contributed by atoms with E-state index >= 15 is 0 Å². The second-order valence-electron chi connectivity index (χ2n) is 3.11. The third-order valence-electron chi connectivity index (χ3n) is 1.98. The fourth-order valence-corrected chi connectivity index (χ4v) is 1.38. The van der Waals surface area contributed by atoms with Gasteiger partial charge in [0.1, 0.15) is 5.69 Å². The summed E-state index contributed by atoms with van der Waals surface area (Å²) < 4.78 is 30.0. The minimum Gasteiger partial charge on any atom is -0.462 e. The zero-order valence-electron chi connectivity index (χ0n) is 9.04. The molecule has 0 saturated carbocycles.